The first-order valence-electron chi connectivity index (χ1n) is 10.6. The smallest absolute Gasteiger partial charge is 0.242 e. The molecule has 1 atom stereocenters. The molecule has 1 amide bonds. The van der Waals surface area contributed by atoms with Gasteiger partial charge in [-0.25, -0.2) is 18.6 Å². The normalized spacial score (nSPS) is 12.1. The van der Waals surface area contributed by atoms with Crippen LogP contribution in [0.3, 0.4) is 0 Å². The molecule has 0 fully saturated rings. The number of hydrogen-bond acceptors (Lipinski definition) is 5. The first kappa shape index (κ1) is 26.2. The van der Waals surface area contributed by atoms with E-state index in [1.165, 1.54) is 18.3 Å². The summed E-state index contributed by atoms with van der Waals surface area (Å²) < 4.78 is 34.8. The summed E-state index contributed by atoms with van der Waals surface area (Å²) in [6.45, 7) is 1.97. The summed E-state index contributed by atoms with van der Waals surface area (Å²) in [4.78, 5) is 12.8. The zero-order valence-electron chi connectivity index (χ0n) is 18.9. The number of aryl methyl sites for hydroxylation is 1. The third kappa shape index (κ3) is 7.79. The maximum Gasteiger partial charge on any atom is 0.242 e. The lowest BCUT2D eigenvalue weighted by Gasteiger charge is -2.18. The molecular formula is C26H24BrN3O4S. The first-order chi connectivity index (χ1) is 16.8. The standard InChI is InChI=1S/C26H24BrN3O4S/c1-3-15-34-25-14-11-22(27)16-21(25)18-28-29-26(31)17-24(20-7-5-4-6-8-20)30-35(32,33)23-12-9-19(2)10-13-23/h1,4-14,16,18,24,30H,15,17H2,2H3,(H,29,31)/b28-18-/t24-/m0/s1. The zero-order chi connectivity index (χ0) is 25.3. The summed E-state index contributed by atoms with van der Waals surface area (Å²) in [6.07, 6.45) is 6.53. The van der Waals surface area contributed by atoms with Crippen LogP contribution in [0.15, 0.2) is 87.3 Å². The zero-order valence-corrected chi connectivity index (χ0v) is 21.3. The average molecular weight is 554 g/mol. The number of halogens is 1. The van der Waals surface area contributed by atoms with E-state index in [2.05, 4.69) is 37.1 Å². The number of ether oxygens (including phenoxy) is 1. The lowest BCUT2D eigenvalue weighted by molar-refractivity contribution is -0.121. The highest BCUT2D eigenvalue weighted by atomic mass is 79.9. The predicted octanol–water partition coefficient (Wildman–Crippen LogP) is 4.33. The van der Waals surface area contributed by atoms with Crippen LogP contribution in [0.25, 0.3) is 0 Å². The number of benzene rings is 3. The number of carbonyl (C=O) groups excluding carboxylic acids is 1. The van der Waals surface area contributed by atoms with E-state index in [1.54, 1.807) is 54.6 Å². The Kier molecular flexibility index (Phi) is 9.20. The van der Waals surface area contributed by atoms with Gasteiger partial charge in [0, 0.05) is 16.5 Å². The molecule has 0 aliphatic heterocycles. The van der Waals surface area contributed by atoms with Crippen molar-refractivity contribution in [3.63, 3.8) is 0 Å². The van der Waals surface area contributed by atoms with Crippen molar-refractivity contribution in [2.75, 3.05) is 6.61 Å². The van der Waals surface area contributed by atoms with Crippen LogP contribution in [0, 0.1) is 19.3 Å². The minimum absolute atomic E-state index is 0.0920. The number of nitrogens with zero attached hydrogens (tertiary/aromatic N) is 1. The molecule has 3 aromatic rings. The second-order valence-electron chi connectivity index (χ2n) is 7.57. The Bertz CT molecular complexity index is 1340. The van der Waals surface area contributed by atoms with Gasteiger partial charge in [-0.1, -0.05) is 69.9 Å². The minimum atomic E-state index is -3.86. The van der Waals surface area contributed by atoms with Crippen molar-refractivity contribution in [3.05, 3.63) is 94.0 Å². The van der Waals surface area contributed by atoms with Crippen LogP contribution < -0.4 is 14.9 Å². The van der Waals surface area contributed by atoms with Crippen molar-refractivity contribution in [2.24, 2.45) is 5.10 Å². The molecule has 0 unspecified atom stereocenters. The Labute approximate surface area is 213 Å². The summed E-state index contributed by atoms with van der Waals surface area (Å²) in [5, 5.41) is 4.01. The highest BCUT2D eigenvalue weighted by Gasteiger charge is 2.23. The number of amides is 1. The topological polar surface area (TPSA) is 96.9 Å². The third-order valence-corrected chi connectivity index (χ3v) is 6.88. The fourth-order valence-corrected chi connectivity index (χ4v) is 4.76. The van der Waals surface area contributed by atoms with Crippen LogP contribution in [0.1, 0.15) is 29.2 Å². The van der Waals surface area contributed by atoms with Gasteiger partial charge in [0.05, 0.1) is 17.2 Å². The van der Waals surface area contributed by atoms with Crippen LogP contribution in [-0.2, 0) is 14.8 Å². The van der Waals surface area contributed by atoms with Gasteiger partial charge in [0.2, 0.25) is 15.9 Å². The first-order valence-corrected chi connectivity index (χ1v) is 12.9. The Morgan fingerprint density at radius 2 is 1.86 bits per heavy atom. The van der Waals surface area contributed by atoms with Crippen LogP contribution in [0.5, 0.6) is 5.75 Å². The van der Waals surface area contributed by atoms with E-state index in [1.807, 2.05) is 13.0 Å². The molecule has 0 aromatic heterocycles. The maximum absolute atomic E-state index is 13.0. The molecule has 0 heterocycles. The second-order valence-corrected chi connectivity index (χ2v) is 10.2. The van der Waals surface area contributed by atoms with E-state index in [9.17, 15) is 13.2 Å². The van der Waals surface area contributed by atoms with E-state index in [0.29, 0.717) is 16.9 Å². The van der Waals surface area contributed by atoms with Gasteiger partial charge in [0.25, 0.3) is 0 Å². The molecular weight excluding hydrogens is 530 g/mol. The molecule has 0 saturated carbocycles. The van der Waals surface area contributed by atoms with E-state index in [0.717, 1.165) is 10.0 Å². The molecule has 0 aliphatic carbocycles. The Hall–Kier alpha value is -3.45. The molecule has 7 nitrogen and oxygen atoms in total. The molecule has 2 N–H and O–H groups in total. The maximum atomic E-state index is 13.0. The monoisotopic (exact) mass is 553 g/mol. The van der Waals surface area contributed by atoms with E-state index in [-0.39, 0.29) is 17.9 Å². The fourth-order valence-electron chi connectivity index (χ4n) is 3.16. The highest BCUT2D eigenvalue weighted by molar-refractivity contribution is 9.10. The number of terminal acetylenes is 1. The van der Waals surface area contributed by atoms with Gasteiger partial charge >= 0.3 is 0 Å². The number of sulfonamides is 1. The summed E-state index contributed by atoms with van der Waals surface area (Å²) in [5.74, 6) is 2.44. The molecule has 0 bridgehead atoms. The van der Waals surface area contributed by atoms with Gasteiger partial charge in [-0.3, -0.25) is 4.79 Å². The van der Waals surface area contributed by atoms with Crippen molar-refractivity contribution < 1.29 is 17.9 Å². The molecule has 180 valence electrons. The van der Waals surface area contributed by atoms with Gasteiger partial charge in [0.1, 0.15) is 12.4 Å². The molecule has 9 heteroatoms. The van der Waals surface area contributed by atoms with E-state index >= 15 is 0 Å². The lowest BCUT2D eigenvalue weighted by Crippen LogP contribution is -2.32. The van der Waals surface area contributed by atoms with Gasteiger partial charge < -0.3 is 4.74 Å². The molecule has 0 spiro atoms. The lowest BCUT2D eigenvalue weighted by atomic mass is 10.0. The van der Waals surface area contributed by atoms with E-state index < -0.39 is 22.0 Å². The Morgan fingerprint density at radius 3 is 2.54 bits per heavy atom. The molecule has 35 heavy (non-hydrogen) atoms. The Balaban J connectivity index is 1.74. The largest absolute Gasteiger partial charge is 0.480 e. The molecule has 0 radical (unpaired) electrons. The number of rotatable bonds is 10. The third-order valence-electron chi connectivity index (χ3n) is 4.90. The van der Waals surface area contributed by atoms with Crippen molar-refractivity contribution in [1.29, 1.82) is 0 Å². The fraction of sp³-hybridized carbons (Fsp3) is 0.154. The minimum Gasteiger partial charge on any atom is -0.480 e. The molecule has 3 rings (SSSR count). The van der Waals surface area contributed by atoms with Crippen LogP contribution in [0.2, 0.25) is 0 Å². The number of hydrogen-bond donors (Lipinski definition) is 2. The quantitative estimate of drug-likeness (QED) is 0.222. The molecule has 0 saturated heterocycles. The number of nitrogens with one attached hydrogen (secondary N) is 2. The summed E-state index contributed by atoms with van der Waals surface area (Å²) in [7, 11) is -3.86. The van der Waals surface area contributed by atoms with Gasteiger partial charge in [-0.15, -0.1) is 6.42 Å². The molecule has 0 aliphatic rings. The predicted molar refractivity (Wildman–Crippen MR) is 140 cm³/mol. The Morgan fingerprint density at radius 1 is 1.14 bits per heavy atom. The van der Waals surface area contributed by atoms with Gasteiger partial charge in [-0.2, -0.15) is 5.10 Å². The van der Waals surface area contributed by atoms with Crippen molar-refractivity contribution in [2.45, 2.75) is 24.3 Å². The number of hydrazone groups is 1. The second kappa shape index (κ2) is 12.3. The number of carbonyl (C=O) groups is 1. The summed E-state index contributed by atoms with van der Waals surface area (Å²) in [6, 6.07) is 19.9. The van der Waals surface area contributed by atoms with E-state index in [4.69, 9.17) is 11.2 Å². The SMILES string of the molecule is C#CCOc1ccc(Br)cc1/C=N\NC(=O)C[C@H](NS(=O)(=O)c1ccc(C)cc1)c1ccccc1. The average Bonchev–Trinajstić information content (AvgIpc) is 2.84. The van der Waals surface area contributed by atoms with Gasteiger partial charge in [0.15, 0.2) is 0 Å². The van der Waals surface area contributed by atoms with Crippen LogP contribution >= 0.6 is 15.9 Å². The van der Waals surface area contributed by atoms with Crippen LogP contribution in [0.4, 0.5) is 0 Å². The van der Waals surface area contributed by atoms with Crippen molar-refractivity contribution >= 4 is 38.1 Å². The molecule has 3 aromatic carbocycles. The summed E-state index contributed by atoms with van der Waals surface area (Å²) >= 11 is 3.38. The van der Waals surface area contributed by atoms with Crippen molar-refractivity contribution in [3.8, 4) is 18.1 Å². The van der Waals surface area contributed by atoms with Gasteiger partial charge in [-0.05, 0) is 42.8 Å². The van der Waals surface area contributed by atoms with Crippen LogP contribution in [-0.4, -0.2) is 27.1 Å². The van der Waals surface area contributed by atoms with Crippen molar-refractivity contribution in [1.82, 2.24) is 10.1 Å². The highest BCUT2D eigenvalue weighted by Crippen LogP contribution is 2.22. The summed E-state index contributed by atoms with van der Waals surface area (Å²) in [5.41, 5.74) is 4.65.